The smallest absolute Gasteiger partial charge is 0.339 e. The number of halogens is 1. The van der Waals surface area contributed by atoms with Gasteiger partial charge in [-0.2, -0.15) is 0 Å². The highest BCUT2D eigenvalue weighted by atomic mass is 35.5. The number of aryl methyl sites for hydroxylation is 1. The molecule has 0 aliphatic heterocycles. The van der Waals surface area contributed by atoms with E-state index < -0.39 is 0 Å². The molecule has 0 atom stereocenters. The van der Waals surface area contributed by atoms with Crippen molar-refractivity contribution in [2.45, 2.75) is 26.5 Å². The van der Waals surface area contributed by atoms with Crippen molar-refractivity contribution >= 4 is 89.9 Å². The third-order valence-corrected chi connectivity index (χ3v) is 10.9. The van der Waals surface area contributed by atoms with Crippen molar-refractivity contribution in [3.63, 3.8) is 0 Å². The van der Waals surface area contributed by atoms with Gasteiger partial charge in [-0.15, -0.1) is 22.7 Å². The van der Waals surface area contributed by atoms with Gasteiger partial charge in [0, 0.05) is 55.5 Å². The number of methoxy groups -OCH3 is 2. The number of carbonyl (C=O) groups is 2. The van der Waals surface area contributed by atoms with Crippen molar-refractivity contribution in [3.8, 4) is 0 Å². The fourth-order valence-electron chi connectivity index (χ4n) is 4.16. The Bertz CT molecular complexity index is 1890. The van der Waals surface area contributed by atoms with Gasteiger partial charge in [-0.3, -0.25) is 0 Å². The van der Waals surface area contributed by atoms with Crippen molar-refractivity contribution in [3.05, 3.63) is 117 Å². The Labute approximate surface area is 265 Å². The van der Waals surface area contributed by atoms with Gasteiger partial charge in [0.15, 0.2) is 0 Å². The fraction of sp³-hybridized carbons (Fsp3) is 0.0909. The van der Waals surface area contributed by atoms with E-state index in [9.17, 15) is 9.59 Å². The number of thiophene rings is 2. The first-order valence-corrected chi connectivity index (χ1v) is 16.5. The van der Waals surface area contributed by atoms with Crippen molar-refractivity contribution in [1.82, 2.24) is 0 Å². The Balaban J connectivity index is 0.000000168. The molecule has 0 saturated heterocycles. The fourth-order valence-corrected chi connectivity index (χ4v) is 8.73. The van der Waals surface area contributed by atoms with Crippen LogP contribution in [0.3, 0.4) is 0 Å². The number of hydrogen-bond acceptors (Lipinski definition) is 8. The van der Waals surface area contributed by atoms with Crippen molar-refractivity contribution in [2.75, 3.05) is 14.2 Å². The van der Waals surface area contributed by atoms with Crippen molar-refractivity contribution < 1.29 is 19.1 Å². The quantitative estimate of drug-likeness (QED) is 0.168. The van der Waals surface area contributed by atoms with E-state index in [-0.39, 0.29) is 11.9 Å². The molecule has 0 saturated carbocycles. The Morgan fingerprint density at radius 1 is 0.643 bits per heavy atom. The van der Waals surface area contributed by atoms with Gasteiger partial charge in [0.05, 0.1) is 25.3 Å². The number of esters is 2. The molecule has 212 valence electrons. The molecular formula is C33H25ClO4S4. The standard InChI is InChI=1S/C17H14O2S2.C16H11ClO2S2/c1-11-7-8-15(13(9-11)17(18)19-2)21-16-10-20-14-6-4-3-5-12(14)16;1-19-16(18)12-7-6-10(17)8-14(12)21-15-9-20-13-5-3-2-4-11(13)15/h3-10H,1-2H3;2-9H,1H3. The summed E-state index contributed by atoms with van der Waals surface area (Å²) >= 11 is 12.6. The third-order valence-electron chi connectivity index (χ3n) is 6.22. The summed E-state index contributed by atoms with van der Waals surface area (Å²) in [6, 6.07) is 27.6. The summed E-state index contributed by atoms with van der Waals surface area (Å²) in [6.07, 6.45) is 0. The largest absolute Gasteiger partial charge is 0.465 e. The topological polar surface area (TPSA) is 52.6 Å². The van der Waals surface area contributed by atoms with Gasteiger partial charge in [-0.25, -0.2) is 9.59 Å². The molecular weight excluding hydrogens is 624 g/mol. The first kappa shape index (κ1) is 30.2. The van der Waals surface area contributed by atoms with Crippen molar-refractivity contribution in [1.29, 1.82) is 0 Å². The van der Waals surface area contributed by atoms with Crippen LogP contribution in [-0.4, -0.2) is 26.2 Å². The summed E-state index contributed by atoms with van der Waals surface area (Å²) in [7, 11) is 2.80. The van der Waals surface area contributed by atoms with Gasteiger partial charge in [0.1, 0.15) is 0 Å². The summed E-state index contributed by atoms with van der Waals surface area (Å²) in [6.45, 7) is 1.97. The van der Waals surface area contributed by atoms with Gasteiger partial charge >= 0.3 is 11.9 Å². The van der Waals surface area contributed by atoms with E-state index in [4.69, 9.17) is 21.1 Å². The lowest BCUT2D eigenvalue weighted by atomic mass is 10.1. The lowest BCUT2D eigenvalue weighted by molar-refractivity contribution is 0.0588. The molecule has 0 N–H and O–H groups in total. The SMILES string of the molecule is COC(=O)c1cc(C)ccc1Sc1csc2ccccc12.COC(=O)c1ccc(Cl)cc1Sc1csc2ccccc12. The Hall–Kier alpha value is -3.27. The second-order valence-corrected chi connectivity index (χ2v) is 13.4. The maximum absolute atomic E-state index is 11.9. The van der Waals surface area contributed by atoms with Gasteiger partial charge in [0.2, 0.25) is 0 Å². The molecule has 0 spiro atoms. The molecule has 4 nitrogen and oxygen atoms in total. The van der Waals surface area contributed by atoms with Gasteiger partial charge < -0.3 is 9.47 Å². The second kappa shape index (κ2) is 13.8. The first-order valence-electron chi connectivity index (χ1n) is 12.7. The van der Waals surface area contributed by atoms with Crippen LogP contribution in [0.15, 0.2) is 115 Å². The zero-order valence-electron chi connectivity index (χ0n) is 22.9. The van der Waals surface area contributed by atoms with E-state index in [1.165, 1.54) is 51.0 Å². The molecule has 4 aromatic carbocycles. The van der Waals surface area contributed by atoms with E-state index >= 15 is 0 Å². The normalized spacial score (nSPS) is 10.8. The first-order chi connectivity index (χ1) is 20.4. The average molecular weight is 649 g/mol. The molecule has 6 rings (SSSR count). The monoisotopic (exact) mass is 648 g/mol. The van der Waals surface area contributed by atoms with E-state index in [1.807, 2.05) is 49.4 Å². The minimum atomic E-state index is -0.353. The van der Waals surface area contributed by atoms with E-state index in [0.29, 0.717) is 16.1 Å². The highest BCUT2D eigenvalue weighted by Gasteiger charge is 2.16. The maximum Gasteiger partial charge on any atom is 0.339 e. The molecule has 9 heteroatoms. The number of carbonyl (C=O) groups excluding carboxylic acids is 2. The predicted molar refractivity (Wildman–Crippen MR) is 177 cm³/mol. The third kappa shape index (κ3) is 6.85. The minimum absolute atomic E-state index is 0.291. The number of rotatable bonds is 6. The lowest BCUT2D eigenvalue weighted by Gasteiger charge is -2.08. The zero-order chi connectivity index (χ0) is 29.6. The summed E-state index contributed by atoms with van der Waals surface area (Å²) in [5.41, 5.74) is 2.20. The predicted octanol–water partition coefficient (Wildman–Crippen LogP) is 10.6. The minimum Gasteiger partial charge on any atom is -0.465 e. The number of ether oxygens (including phenoxy) is 2. The van der Waals surface area contributed by atoms with Crippen molar-refractivity contribution in [2.24, 2.45) is 0 Å². The van der Waals surface area contributed by atoms with Crippen LogP contribution in [-0.2, 0) is 9.47 Å². The molecule has 0 aliphatic rings. The summed E-state index contributed by atoms with van der Waals surface area (Å²) < 4.78 is 12.2. The molecule has 0 fully saturated rings. The molecule has 0 radical (unpaired) electrons. The van der Waals surface area contributed by atoms with Crippen LogP contribution in [0.5, 0.6) is 0 Å². The Morgan fingerprint density at radius 2 is 1.19 bits per heavy atom. The lowest BCUT2D eigenvalue weighted by Crippen LogP contribution is -2.03. The van der Waals surface area contributed by atoms with Crippen LogP contribution in [0.2, 0.25) is 5.02 Å². The van der Waals surface area contributed by atoms with Crippen LogP contribution in [0, 0.1) is 6.92 Å². The van der Waals surface area contributed by atoms with E-state index in [0.717, 1.165) is 20.2 Å². The number of hydrogen-bond donors (Lipinski definition) is 0. The molecule has 6 aromatic rings. The molecule has 2 heterocycles. The molecule has 2 aromatic heterocycles. The molecule has 0 bridgehead atoms. The van der Waals surface area contributed by atoms with Crippen LogP contribution in [0.4, 0.5) is 0 Å². The molecule has 0 unspecified atom stereocenters. The summed E-state index contributed by atoms with van der Waals surface area (Å²) in [4.78, 5) is 27.8. The highest BCUT2D eigenvalue weighted by molar-refractivity contribution is 8.00. The maximum atomic E-state index is 11.9. The highest BCUT2D eigenvalue weighted by Crippen LogP contribution is 2.40. The van der Waals surface area contributed by atoms with Crippen LogP contribution < -0.4 is 0 Å². The van der Waals surface area contributed by atoms with Gasteiger partial charge in [-0.05, 0) is 49.4 Å². The molecule has 0 aliphatic carbocycles. The van der Waals surface area contributed by atoms with Crippen LogP contribution >= 0.6 is 57.8 Å². The van der Waals surface area contributed by atoms with Gasteiger partial charge in [0.25, 0.3) is 0 Å². The number of benzene rings is 4. The second-order valence-electron chi connectivity index (χ2n) is 9.02. The Kier molecular flexibility index (Phi) is 9.92. The van der Waals surface area contributed by atoms with E-state index in [2.05, 4.69) is 35.0 Å². The van der Waals surface area contributed by atoms with E-state index in [1.54, 1.807) is 52.6 Å². The molecule has 0 amide bonds. The number of fused-ring (bicyclic) bond motifs is 2. The molecule has 42 heavy (non-hydrogen) atoms. The average Bonchev–Trinajstić information content (AvgIpc) is 3.62. The van der Waals surface area contributed by atoms with Gasteiger partial charge in [-0.1, -0.05) is 83.2 Å². The Morgan fingerprint density at radius 3 is 1.79 bits per heavy atom. The zero-order valence-corrected chi connectivity index (χ0v) is 26.9. The summed E-state index contributed by atoms with van der Waals surface area (Å²) in [5.74, 6) is -0.644. The van der Waals surface area contributed by atoms with Crippen LogP contribution in [0.1, 0.15) is 26.3 Å². The summed E-state index contributed by atoms with van der Waals surface area (Å²) in [5, 5.41) is 7.24. The van der Waals surface area contributed by atoms with Crippen LogP contribution in [0.25, 0.3) is 20.2 Å².